The number of H-pyrrole nitrogens is 1. The van der Waals surface area contributed by atoms with Crippen LogP contribution in [-0.2, 0) is 80.1 Å². The number of carbonyl (C=O) groups excluding carboxylic acids is 14. The summed E-state index contributed by atoms with van der Waals surface area (Å²) in [4.78, 5) is 186. The number of nitrogens with one attached hydrogen (secondary N) is 12. The van der Waals surface area contributed by atoms with Crippen molar-refractivity contribution in [3.05, 3.63) is 59.7 Å². The van der Waals surface area contributed by atoms with Crippen molar-refractivity contribution in [2.24, 2.45) is 5.92 Å². The number of aldehydes is 1. The Morgan fingerprint density at radius 1 is 0.756 bits per heavy atom. The summed E-state index contributed by atoms with van der Waals surface area (Å²) in [6.45, 7) is 2.00. The summed E-state index contributed by atoms with van der Waals surface area (Å²) in [6.07, 6.45) is 1.69. The molecule has 2 saturated heterocycles. The number of anilines is 1. The van der Waals surface area contributed by atoms with E-state index in [9.17, 15) is 77.3 Å². The molecule has 2 fully saturated rings. The molecule has 90 heavy (non-hydrogen) atoms. The number of aliphatic hydroxyl groups excluding tert-OH is 2. The number of aromatic amines is 1. The van der Waals surface area contributed by atoms with Crippen LogP contribution in [0.1, 0.15) is 76.8 Å². The van der Waals surface area contributed by atoms with Crippen molar-refractivity contribution < 1.29 is 77.3 Å². The quantitative estimate of drug-likeness (QED) is 0.0118. The molecule has 0 aliphatic carbocycles. The average Bonchev–Trinajstić information content (AvgIpc) is 1.73. The monoisotopic (exact) mass is 1290 g/mol. The molecule has 0 bridgehead atoms. The van der Waals surface area contributed by atoms with E-state index in [0.29, 0.717) is 47.5 Å². The Balaban J connectivity index is 1.03. The number of thiol groups is 1. The molecule has 0 radical (unpaired) electrons. The molecule has 3 heterocycles. The first-order chi connectivity index (χ1) is 42.9. The first-order valence-electron chi connectivity index (χ1n) is 29.2. The van der Waals surface area contributed by atoms with E-state index in [0.717, 1.165) is 22.2 Å². The summed E-state index contributed by atoms with van der Waals surface area (Å²) in [6, 6.07) is 6.77. The van der Waals surface area contributed by atoms with Crippen molar-refractivity contribution in [2.75, 3.05) is 64.5 Å². The predicted molar refractivity (Wildman–Crippen MR) is 330 cm³/mol. The number of fused-ring (bicyclic) bond motifs is 1. The Kier molecular flexibility index (Phi) is 28.6. The molecule has 1 aromatic heterocycles. The predicted octanol–water partition coefficient (Wildman–Crippen LogP) is -3.48. The lowest BCUT2D eigenvalue weighted by Crippen LogP contribution is -2.60. The van der Waals surface area contributed by atoms with Gasteiger partial charge in [-0.1, -0.05) is 50.6 Å². The number of nitrogens with zero attached hydrogens (tertiary/aromatic N) is 2. The van der Waals surface area contributed by atoms with Gasteiger partial charge in [0.05, 0.1) is 67.7 Å². The van der Waals surface area contributed by atoms with Crippen LogP contribution >= 0.6 is 24.4 Å². The van der Waals surface area contributed by atoms with E-state index in [1.807, 2.05) is 35.4 Å². The van der Waals surface area contributed by atoms with E-state index in [2.05, 4.69) is 76.1 Å². The van der Waals surface area contributed by atoms with Gasteiger partial charge in [-0.2, -0.15) is 12.6 Å². The van der Waals surface area contributed by atoms with Gasteiger partial charge >= 0.3 is 0 Å². The molecule has 0 spiro atoms. The second-order valence-electron chi connectivity index (χ2n) is 21.7. The number of aliphatic hydroxyl groups is 2. The first kappa shape index (κ1) is 72.3. The number of likely N-dealkylation sites (tertiary alicyclic amines) is 2. The molecule has 2 aliphatic heterocycles. The second-order valence-corrected chi connectivity index (χ2v) is 23.1. The first-order valence-corrected chi connectivity index (χ1v) is 30.9. The molecule has 32 heteroatoms. The zero-order chi connectivity index (χ0) is 66.2. The van der Waals surface area contributed by atoms with Gasteiger partial charge in [0, 0.05) is 54.9 Å². The van der Waals surface area contributed by atoms with Crippen LogP contribution in [0, 0.1) is 5.92 Å². The third kappa shape index (κ3) is 21.9. The molecule has 490 valence electrons. The highest BCUT2D eigenvalue weighted by molar-refractivity contribution is 7.98. The second kappa shape index (κ2) is 35.7. The lowest BCUT2D eigenvalue weighted by atomic mass is 9.94. The molecule has 30 nitrogen and oxygen atoms in total. The molecule has 0 saturated carbocycles. The van der Waals surface area contributed by atoms with Gasteiger partial charge in [0.25, 0.3) is 0 Å². The lowest BCUT2D eigenvalue weighted by Gasteiger charge is -2.30. The van der Waals surface area contributed by atoms with Crippen LogP contribution < -0.4 is 58.5 Å². The molecule has 13 amide bonds. The minimum Gasteiger partial charge on any atom is -0.394 e. The number of benzene rings is 2. The van der Waals surface area contributed by atoms with Crippen LogP contribution in [0.25, 0.3) is 10.9 Å². The summed E-state index contributed by atoms with van der Waals surface area (Å²) in [5.74, 6) is -9.75. The number of rotatable bonds is 35. The maximum absolute atomic E-state index is 14.2. The molecule has 3 aromatic rings. The van der Waals surface area contributed by atoms with Crippen LogP contribution in [0.3, 0.4) is 0 Å². The van der Waals surface area contributed by atoms with Gasteiger partial charge in [-0.05, 0) is 75.4 Å². The maximum Gasteiger partial charge on any atom is 0.246 e. The van der Waals surface area contributed by atoms with E-state index in [1.54, 1.807) is 26.1 Å². The number of hydrogen-bond donors (Lipinski definition) is 15. The number of imide groups is 1. The van der Waals surface area contributed by atoms with E-state index in [1.165, 1.54) is 37.7 Å². The zero-order valence-corrected chi connectivity index (χ0v) is 52.3. The molecule has 14 N–H and O–H groups in total. The summed E-state index contributed by atoms with van der Waals surface area (Å²) in [5, 5.41) is 48.7. The van der Waals surface area contributed by atoms with Gasteiger partial charge in [-0.25, -0.2) is 0 Å². The summed E-state index contributed by atoms with van der Waals surface area (Å²) >= 11 is 5.40. The average molecular weight is 1290 g/mol. The van der Waals surface area contributed by atoms with Crippen LogP contribution in [0.15, 0.2) is 53.6 Å². The highest BCUT2D eigenvalue weighted by Gasteiger charge is 2.39. The fourth-order valence-corrected chi connectivity index (χ4v) is 10.7. The highest BCUT2D eigenvalue weighted by atomic mass is 32.2. The Morgan fingerprint density at radius 3 is 2.01 bits per heavy atom. The Labute approximate surface area is 528 Å². The zero-order valence-electron chi connectivity index (χ0n) is 50.6. The van der Waals surface area contributed by atoms with Gasteiger partial charge in [-0.3, -0.25) is 72.1 Å². The van der Waals surface area contributed by atoms with E-state index in [-0.39, 0.29) is 38.8 Å². The van der Waals surface area contributed by atoms with Crippen molar-refractivity contribution in [1.82, 2.24) is 68.0 Å². The molecular weight excluding hydrogens is 1210 g/mol. The van der Waals surface area contributed by atoms with Gasteiger partial charge in [-0.15, -0.1) is 11.8 Å². The normalized spacial score (nSPS) is 17.0. The molecule has 9 atom stereocenters. The van der Waals surface area contributed by atoms with Crippen molar-refractivity contribution in [1.29, 1.82) is 0 Å². The third-order valence-corrected chi connectivity index (χ3v) is 16.1. The van der Waals surface area contributed by atoms with Crippen LogP contribution in [0.4, 0.5) is 5.69 Å². The van der Waals surface area contributed by atoms with Crippen LogP contribution in [0.5, 0.6) is 0 Å². The minimum absolute atomic E-state index is 0.0102. The SMILES string of the molecule is CCCC(NC(=O)CNC(=O)[C@@H](Cc1c(SC)[nH]c2ccccc12)NC(=O)C(NC(=O)[C@@H]1CCCN1C)[C@@H](C)[C@@H](O)CO)C(=O)NCC(=O)NCC(=O)N[C@H](C=O)CC(=O)NCc1ccc(NC(=O)[C@H](C)NC(=O)CNC(=O)CCN2C(=O)CC(S)C2=O)cc1. The molecule has 5 rings (SSSR count). The number of amides is 13. The molecule has 2 aromatic carbocycles. The van der Waals surface area contributed by atoms with Gasteiger partial charge in [0.2, 0.25) is 76.8 Å². The van der Waals surface area contributed by atoms with Crippen molar-refractivity contribution in [3.8, 4) is 0 Å². The highest BCUT2D eigenvalue weighted by Crippen LogP contribution is 2.30. The molecule has 2 aliphatic rings. The molecular formula is C58H80N14O16S2. The van der Waals surface area contributed by atoms with Crippen molar-refractivity contribution in [3.63, 3.8) is 0 Å². The largest absolute Gasteiger partial charge is 0.394 e. The van der Waals surface area contributed by atoms with E-state index < -0.39 is 170 Å². The Morgan fingerprint density at radius 2 is 1.39 bits per heavy atom. The number of para-hydroxylation sites is 1. The third-order valence-electron chi connectivity index (χ3n) is 14.9. The number of hydrogen-bond acceptors (Lipinski definition) is 19. The van der Waals surface area contributed by atoms with Crippen molar-refractivity contribution in [2.45, 2.75) is 131 Å². The van der Waals surface area contributed by atoms with Crippen molar-refractivity contribution >= 4 is 124 Å². The lowest BCUT2D eigenvalue weighted by molar-refractivity contribution is -0.139. The number of likely N-dealkylation sites (N-methyl/N-ethyl adjacent to an activating group) is 1. The molecule has 3 unspecified atom stereocenters. The topological polar surface area (TPSA) is 434 Å². The van der Waals surface area contributed by atoms with E-state index in [4.69, 9.17) is 0 Å². The fourth-order valence-electron chi connectivity index (χ4n) is 9.73. The minimum atomic E-state index is -1.42. The Hall–Kier alpha value is -8.46. The summed E-state index contributed by atoms with van der Waals surface area (Å²) in [7, 11) is 1.77. The fraction of sp³-hybridized carbons (Fsp3) is 0.517. The summed E-state index contributed by atoms with van der Waals surface area (Å²) in [5.41, 5.74) is 2.36. The smallest absolute Gasteiger partial charge is 0.246 e. The Bertz CT molecular complexity index is 3110. The maximum atomic E-state index is 14.2. The van der Waals surface area contributed by atoms with Crippen LogP contribution in [0.2, 0.25) is 0 Å². The van der Waals surface area contributed by atoms with Gasteiger partial charge < -0.3 is 78.5 Å². The number of aromatic nitrogens is 1. The summed E-state index contributed by atoms with van der Waals surface area (Å²) < 4.78 is 0. The van der Waals surface area contributed by atoms with E-state index >= 15 is 0 Å². The van der Waals surface area contributed by atoms with Crippen LogP contribution in [-0.4, -0.2) is 215 Å². The van der Waals surface area contributed by atoms with Gasteiger partial charge in [0.15, 0.2) is 0 Å². The van der Waals surface area contributed by atoms with Gasteiger partial charge in [0.1, 0.15) is 30.5 Å². The number of carbonyl (C=O) groups is 14. The number of thioether (sulfide) groups is 1. The standard InChI is InChI=1S/C58H80N14O16S2/c1-6-10-39(67-49(81)28-63-54(85)40(22-37-36-11-7-8-12-38(36)69-57(37)90-5)68-56(87)51(31(2)42(75)30-74)70-55(86)41-13-9-19-71(41)4)53(84)62-25-46(78)61-27-48(80)65-35(29-73)21-45(77)59-24-33-14-16-34(17-15-33)66-52(83)32(3)64-47(79)26-60-44(76)18-20-72-50(82)23-43(89)58(72)88/h7-8,11-12,14-17,29,31-32,35,39-43,51,69,74-75,89H,6,9-10,13,18-28,30H2,1-5H3,(H,59,77)(H,60,76)(H,61,78)(H,62,84)(H,63,85)(H,64,79)(H,65,80)(H,66,83)(H,67,81)(H,68,87)(H,70,86)/t31-,32-,35-,39?,40+,41-,42-,43?,51?/m0/s1.